The summed E-state index contributed by atoms with van der Waals surface area (Å²) in [6.45, 7) is 1.82. The number of carbonyl (C=O) groups is 1. The normalized spacial score (nSPS) is 18.2. The van der Waals surface area contributed by atoms with Crippen molar-refractivity contribution in [1.29, 1.82) is 0 Å². The van der Waals surface area contributed by atoms with Crippen LogP contribution in [0, 0.1) is 0 Å². The van der Waals surface area contributed by atoms with Gasteiger partial charge in [-0.05, 0) is 24.1 Å². The second kappa shape index (κ2) is 7.18. The molecule has 1 aromatic heterocycles. The molecule has 1 amide bonds. The second-order valence-corrected chi connectivity index (χ2v) is 5.44. The highest BCUT2D eigenvalue weighted by molar-refractivity contribution is 5.76. The van der Waals surface area contributed by atoms with Crippen molar-refractivity contribution in [2.45, 2.75) is 18.9 Å². The molecule has 0 saturated carbocycles. The van der Waals surface area contributed by atoms with Crippen LogP contribution in [0.15, 0.2) is 54.7 Å². The molecule has 1 atom stereocenters. The Morgan fingerprint density at radius 3 is 2.77 bits per heavy atom. The van der Waals surface area contributed by atoms with Gasteiger partial charge in [-0.15, -0.1) is 0 Å². The second-order valence-electron chi connectivity index (χ2n) is 5.44. The van der Waals surface area contributed by atoms with E-state index in [1.165, 1.54) is 5.56 Å². The molecule has 0 aliphatic carbocycles. The van der Waals surface area contributed by atoms with Gasteiger partial charge in [-0.2, -0.15) is 0 Å². The molecule has 4 heteroatoms. The summed E-state index contributed by atoms with van der Waals surface area (Å²) in [7, 11) is 0. The van der Waals surface area contributed by atoms with Crippen LogP contribution in [0.25, 0.3) is 0 Å². The topological polar surface area (TPSA) is 42.4 Å². The molecule has 0 N–H and O–H groups in total. The van der Waals surface area contributed by atoms with Crippen LogP contribution in [0.3, 0.4) is 0 Å². The summed E-state index contributed by atoms with van der Waals surface area (Å²) < 4.78 is 5.75. The van der Waals surface area contributed by atoms with Crippen molar-refractivity contribution in [3.63, 3.8) is 0 Å². The van der Waals surface area contributed by atoms with Gasteiger partial charge in [-0.25, -0.2) is 0 Å². The lowest BCUT2D eigenvalue weighted by Crippen LogP contribution is -2.42. The Kier molecular flexibility index (Phi) is 4.81. The van der Waals surface area contributed by atoms with Crippen molar-refractivity contribution < 1.29 is 9.53 Å². The van der Waals surface area contributed by atoms with Gasteiger partial charge in [0.2, 0.25) is 5.91 Å². The Bertz CT molecular complexity index is 601. The standard InChI is InChI=1S/C18H20N2O2/c21-18(10-9-15-6-2-1-3-7-15)20-12-13-22-17(14-20)16-8-4-5-11-19-16/h1-8,11,17H,9-10,12-14H2/t17-/m0/s1. The Hall–Kier alpha value is -2.20. The molecular formula is C18H20N2O2. The Balaban J connectivity index is 1.56. The van der Waals surface area contributed by atoms with E-state index in [-0.39, 0.29) is 12.0 Å². The zero-order valence-corrected chi connectivity index (χ0v) is 12.5. The molecule has 0 unspecified atom stereocenters. The molecule has 2 heterocycles. The third-order valence-electron chi connectivity index (χ3n) is 3.91. The highest BCUT2D eigenvalue weighted by Crippen LogP contribution is 2.20. The molecule has 1 aliphatic rings. The average Bonchev–Trinajstić information content (AvgIpc) is 2.61. The van der Waals surface area contributed by atoms with Gasteiger partial charge in [0.25, 0.3) is 0 Å². The number of nitrogens with zero attached hydrogens (tertiary/aromatic N) is 2. The molecule has 1 aliphatic heterocycles. The van der Waals surface area contributed by atoms with Crippen LogP contribution in [0.5, 0.6) is 0 Å². The Morgan fingerprint density at radius 1 is 1.18 bits per heavy atom. The predicted octanol–water partition coefficient (Wildman–Crippen LogP) is 2.61. The molecular weight excluding hydrogens is 276 g/mol. The van der Waals surface area contributed by atoms with Gasteiger partial charge < -0.3 is 9.64 Å². The molecule has 114 valence electrons. The van der Waals surface area contributed by atoms with E-state index in [2.05, 4.69) is 17.1 Å². The molecule has 0 radical (unpaired) electrons. The summed E-state index contributed by atoms with van der Waals surface area (Å²) in [5, 5.41) is 0. The van der Waals surface area contributed by atoms with Gasteiger partial charge in [0.05, 0.1) is 18.8 Å². The number of amides is 1. The lowest BCUT2D eigenvalue weighted by atomic mass is 10.1. The summed E-state index contributed by atoms with van der Waals surface area (Å²) in [4.78, 5) is 18.6. The Morgan fingerprint density at radius 2 is 2.00 bits per heavy atom. The van der Waals surface area contributed by atoms with Gasteiger partial charge >= 0.3 is 0 Å². The first-order valence-corrected chi connectivity index (χ1v) is 7.67. The van der Waals surface area contributed by atoms with Crippen molar-refractivity contribution in [3.05, 3.63) is 66.0 Å². The number of hydrogen-bond donors (Lipinski definition) is 0. The molecule has 0 bridgehead atoms. The number of morpholine rings is 1. The average molecular weight is 296 g/mol. The fraction of sp³-hybridized carbons (Fsp3) is 0.333. The summed E-state index contributed by atoms with van der Waals surface area (Å²) >= 11 is 0. The first-order valence-electron chi connectivity index (χ1n) is 7.67. The largest absolute Gasteiger partial charge is 0.368 e. The van der Waals surface area contributed by atoms with E-state index in [0.29, 0.717) is 26.1 Å². The van der Waals surface area contributed by atoms with Crippen molar-refractivity contribution in [2.24, 2.45) is 0 Å². The minimum Gasteiger partial charge on any atom is -0.368 e. The van der Waals surface area contributed by atoms with Gasteiger partial charge in [-0.1, -0.05) is 36.4 Å². The maximum absolute atomic E-state index is 12.4. The number of pyridine rings is 1. The molecule has 1 aromatic carbocycles. The monoisotopic (exact) mass is 296 g/mol. The first-order chi connectivity index (χ1) is 10.8. The fourth-order valence-corrected chi connectivity index (χ4v) is 2.68. The minimum absolute atomic E-state index is 0.115. The van der Waals surface area contributed by atoms with E-state index < -0.39 is 0 Å². The fourth-order valence-electron chi connectivity index (χ4n) is 2.68. The van der Waals surface area contributed by atoms with Crippen molar-refractivity contribution in [1.82, 2.24) is 9.88 Å². The molecule has 1 fully saturated rings. The van der Waals surface area contributed by atoms with Gasteiger partial charge in [-0.3, -0.25) is 9.78 Å². The summed E-state index contributed by atoms with van der Waals surface area (Å²) in [5.74, 6) is 0.188. The highest BCUT2D eigenvalue weighted by atomic mass is 16.5. The van der Waals surface area contributed by atoms with E-state index in [0.717, 1.165) is 12.1 Å². The number of ether oxygens (including phenoxy) is 1. The zero-order valence-electron chi connectivity index (χ0n) is 12.5. The molecule has 1 saturated heterocycles. The van der Waals surface area contributed by atoms with Crippen LogP contribution >= 0.6 is 0 Å². The maximum atomic E-state index is 12.4. The summed E-state index contributed by atoms with van der Waals surface area (Å²) in [6, 6.07) is 15.9. The highest BCUT2D eigenvalue weighted by Gasteiger charge is 2.25. The summed E-state index contributed by atoms with van der Waals surface area (Å²) in [6.07, 6.45) is 2.97. The van der Waals surface area contributed by atoms with Gasteiger partial charge in [0.1, 0.15) is 6.10 Å². The van der Waals surface area contributed by atoms with Gasteiger partial charge in [0, 0.05) is 19.2 Å². The van der Waals surface area contributed by atoms with Crippen LogP contribution in [-0.2, 0) is 16.0 Å². The van der Waals surface area contributed by atoms with Gasteiger partial charge in [0.15, 0.2) is 0 Å². The number of hydrogen-bond acceptors (Lipinski definition) is 3. The number of aromatic nitrogens is 1. The molecule has 3 rings (SSSR count). The lowest BCUT2D eigenvalue weighted by molar-refractivity contribution is -0.139. The predicted molar refractivity (Wildman–Crippen MR) is 84.3 cm³/mol. The maximum Gasteiger partial charge on any atom is 0.223 e. The zero-order chi connectivity index (χ0) is 15.2. The van der Waals surface area contributed by atoms with Crippen LogP contribution in [0.1, 0.15) is 23.8 Å². The SMILES string of the molecule is O=C(CCc1ccccc1)N1CCO[C@H](c2ccccn2)C1. The summed E-state index contributed by atoms with van der Waals surface area (Å²) in [5.41, 5.74) is 2.09. The van der Waals surface area contributed by atoms with Crippen LogP contribution in [-0.4, -0.2) is 35.5 Å². The number of rotatable bonds is 4. The van der Waals surface area contributed by atoms with Crippen molar-refractivity contribution >= 4 is 5.91 Å². The van der Waals surface area contributed by atoms with E-state index in [1.807, 2.05) is 41.3 Å². The quantitative estimate of drug-likeness (QED) is 0.871. The first kappa shape index (κ1) is 14.7. The van der Waals surface area contributed by atoms with E-state index in [9.17, 15) is 4.79 Å². The number of carbonyl (C=O) groups excluding carboxylic acids is 1. The molecule has 2 aromatic rings. The number of benzene rings is 1. The van der Waals surface area contributed by atoms with Crippen molar-refractivity contribution in [3.8, 4) is 0 Å². The van der Waals surface area contributed by atoms with Crippen LogP contribution in [0.2, 0.25) is 0 Å². The molecule has 0 spiro atoms. The Labute approximate surface area is 130 Å². The molecule has 22 heavy (non-hydrogen) atoms. The third kappa shape index (κ3) is 3.71. The third-order valence-corrected chi connectivity index (χ3v) is 3.91. The molecule has 4 nitrogen and oxygen atoms in total. The minimum atomic E-state index is -0.115. The van der Waals surface area contributed by atoms with E-state index in [1.54, 1.807) is 6.20 Å². The number of aryl methyl sites for hydroxylation is 1. The lowest BCUT2D eigenvalue weighted by Gasteiger charge is -2.32. The van der Waals surface area contributed by atoms with Crippen molar-refractivity contribution in [2.75, 3.05) is 19.7 Å². The van der Waals surface area contributed by atoms with E-state index >= 15 is 0 Å². The van der Waals surface area contributed by atoms with Crippen LogP contribution < -0.4 is 0 Å². The smallest absolute Gasteiger partial charge is 0.223 e. The van der Waals surface area contributed by atoms with E-state index in [4.69, 9.17) is 4.74 Å². The van der Waals surface area contributed by atoms with Crippen LogP contribution in [0.4, 0.5) is 0 Å².